The van der Waals surface area contributed by atoms with Gasteiger partial charge in [0, 0.05) is 43.3 Å². The second-order valence-corrected chi connectivity index (χ2v) is 9.20. The van der Waals surface area contributed by atoms with E-state index in [0.29, 0.717) is 49.9 Å². The fourth-order valence-corrected chi connectivity index (χ4v) is 4.29. The average Bonchev–Trinajstić information content (AvgIpc) is 2.93. The number of halogens is 3. The minimum atomic E-state index is -1.03. The lowest BCUT2D eigenvalue weighted by molar-refractivity contribution is 0.00340. The van der Waals surface area contributed by atoms with Crippen molar-refractivity contribution in [3.05, 3.63) is 106 Å². The van der Waals surface area contributed by atoms with Crippen molar-refractivity contribution in [2.24, 2.45) is 0 Å². The highest BCUT2D eigenvalue weighted by molar-refractivity contribution is 6.30. The number of carbonyl (C=O) groups is 2. The highest BCUT2D eigenvalue weighted by atomic mass is 35.5. The number of ether oxygens (including phenoxy) is 2. The quantitative estimate of drug-likeness (QED) is 0.380. The number of hydrogen-bond donors (Lipinski definition) is 0. The molecule has 0 saturated carbocycles. The molecule has 6 nitrogen and oxygen atoms in total. The second-order valence-electron chi connectivity index (χ2n) is 8.76. The Labute approximate surface area is 219 Å². The third kappa shape index (κ3) is 6.91. The van der Waals surface area contributed by atoms with Gasteiger partial charge < -0.3 is 14.4 Å². The Bertz CT molecular complexity index is 1230. The first-order valence-corrected chi connectivity index (χ1v) is 12.2. The van der Waals surface area contributed by atoms with E-state index in [2.05, 4.69) is 4.90 Å². The molecule has 3 aromatic rings. The monoisotopic (exact) mass is 528 g/mol. The Balaban J connectivity index is 1.38. The van der Waals surface area contributed by atoms with E-state index in [1.165, 1.54) is 13.2 Å². The first-order valence-electron chi connectivity index (χ1n) is 11.8. The van der Waals surface area contributed by atoms with Gasteiger partial charge in [-0.2, -0.15) is 0 Å². The van der Waals surface area contributed by atoms with Gasteiger partial charge in [0.2, 0.25) is 0 Å². The number of rotatable bonds is 8. The van der Waals surface area contributed by atoms with Crippen molar-refractivity contribution in [1.82, 2.24) is 9.80 Å². The zero-order valence-electron chi connectivity index (χ0n) is 20.3. The predicted octanol–water partition coefficient (Wildman–Crippen LogP) is 5.12. The molecular weight excluding hydrogens is 502 g/mol. The van der Waals surface area contributed by atoms with Crippen LogP contribution in [0.25, 0.3) is 0 Å². The number of amides is 1. The van der Waals surface area contributed by atoms with Crippen LogP contribution in [0.2, 0.25) is 5.02 Å². The summed E-state index contributed by atoms with van der Waals surface area (Å²) in [6, 6.07) is 17.7. The summed E-state index contributed by atoms with van der Waals surface area (Å²) in [7, 11) is 1.34. The molecule has 4 rings (SSSR count). The predicted molar refractivity (Wildman–Crippen MR) is 135 cm³/mol. The number of nitrogens with zero attached hydrogens (tertiary/aromatic N) is 2. The second kappa shape index (κ2) is 12.3. The van der Waals surface area contributed by atoms with Crippen LogP contribution in [0.4, 0.5) is 8.78 Å². The molecule has 0 spiro atoms. The zero-order valence-corrected chi connectivity index (χ0v) is 21.1. The normalized spacial score (nSPS) is 14.9. The summed E-state index contributed by atoms with van der Waals surface area (Å²) >= 11 is 6.08. The van der Waals surface area contributed by atoms with Gasteiger partial charge in [-0.3, -0.25) is 9.69 Å². The van der Waals surface area contributed by atoms with Crippen molar-refractivity contribution in [3.8, 4) is 0 Å². The molecule has 0 bridgehead atoms. The van der Waals surface area contributed by atoms with Gasteiger partial charge in [0.1, 0.15) is 0 Å². The summed E-state index contributed by atoms with van der Waals surface area (Å²) in [6.45, 7) is 3.06. The van der Waals surface area contributed by atoms with Crippen molar-refractivity contribution in [1.29, 1.82) is 0 Å². The summed E-state index contributed by atoms with van der Waals surface area (Å²) in [6.07, 6.45) is -0.258. The Hall–Kier alpha value is -3.33. The van der Waals surface area contributed by atoms with Crippen LogP contribution < -0.4 is 0 Å². The van der Waals surface area contributed by atoms with Crippen LogP contribution in [0, 0.1) is 11.6 Å². The van der Waals surface area contributed by atoms with Crippen LogP contribution in [0.3, 0.4) is 0 Å². The first-order chi connectivity index (χ1) is 17.8. The van der Waals surface area contributed by atoms with E-state index in [1.54, 1.807) is 17.0 Å². The molecule has 0 aromatic heterocycles. The molecule has 9 heteroatoms. The van der Waals surface area contributed by atoms with Gasteiger partial charge >= 0.3 is 5.97 Å². The standard InChI is InChI=1S/C28H27ClF2N2O4/c1-36-28(35)21-4-2-19(3-5-21)18-37-26(20-6-9-23(29)10-7-20)17-32-12-14-33(15-13-32)27(34)22-8-11-24(30)25(31)16-22/h2-11,16,26H,12-15,17-18H2,1H3/t26-/m0/s1. The number of piperazine rings is 1. The summed E-state index contributed by atoms with van der Waals surface area (Å²) in [5.41, 5.74) is 2.48. The molecular formula is C28H27ClF2N2O4. The number of hydrogen-bond acceptors (Lipinski definition) is 5. The molecule has 1 heterocycles. The lowest BCUT2D eigenvalue weighted by Gasteiger charge is -2.36. The van der Waals surface area contributed by atoms with E-state index >= 15 is 0 Å². The van der Waals surface area contributed by atoms with Gasteiger partial charge in [-0.25, -0.2) is 13.6 Å². The maximum absolute atomic E-state index is 13.6. The number of benzene rings is 3. The SMILES string of the molecule is COC(=O)c1ccc(CO[C@@H](CN2CCN(C(=O)c3ccc(F)c(F)c3)CC2)c2ccc(Cl)cc2)cc1. The van der Waals surface area contributed by atoms with E-state index in [4.69, 9.17) is 21.1 Å². The van der Waals surface area contributed by atoms with E-state index in [1.807, 2.05) is 36.4 Å². The van der Waals surface area contributed by atoms with Gasteiger partial charge in [-0.15, -0.1) is 0 Å². The van der Waals surface area contributed by atoms with E-state index in [9.17, 15) is 18.4 Å². The Morgan fingerprint density at radius 3 is 2.16 bits per heavy atom. The van der Waals surface area contributed by atoms with Crippen molar-refractivity contribution in [3.63, 3.8) is 0 Å². The highest BCUT2D eigenvalue weighted by Crippen LogP contribution is 2.24. The molecule has 1 saturated heterocycles. The minimum Gasteiger partial charge on any atom is -0.465 e. The van der Waals surface area contributed by atoms with Crippen LogP contribution in [-0.2, 0) is 16.1 Å². The minimum absolute atomic E-state index is 0.132. The Kier molecular flexibility index (Phi) is 8.87. The van der Waals surface area contributed by atoms with Gasteiger partial charge in [0.25, 0.3) is 5.91 Å². The third-order valence-electron chi connectivity index (χ3n) is 6.32. The average molecular weight is 529 g/mol. The topological polar surface area (TPSA) is 59.1 Å². The highest BCUT2D eigenvalue weighted by Gasteiger charge is 2.25. The smallest absolute Gasteiger partial charge is 0.337 e. The van der Waals surface area contributed by atoms with Gasteiger partial charge in [-0.1, -0.05) is 35.9 Å². The van der Waals surface area contributed by atoms with Crippen molar-refractivity contribution >= 4 is 23.5 Å². The van der Waals surface area contributed by atoms with Crippen LogP contribution in [0.1, 0.15) is 37.9 Å². The van der Waals surface area contributed by atoms with Gasteiger partial charge in [-0.05, 0) is 53.6 Å². The van der Waals surface area contributed by atoms with Gasteiger partial charge in [0.05, 0.1) is 25.4 Å². The van der Waals surface area contributed by atoms with E-state index < -0.39 is 17.6 Å². The third-order valence-corrected chi connectivity index (χ3v) is 6.57. The van der Waals surface area contributed by atoms with Crippen molar-refractivity contribution in [2.75, 3.05) is 39.8 Å². The zero-order chi connectivity index (χ0) is 26.4. The number of carbonyl (C=O) groups excluding carboxylic acids is 2. The molecule has 0 N–H and O–H groups in total. The van der Waals surface area contributed by atoms with Crippen molar-refractivity contribution < 1.29 is 27.8 Å². The van der Waals surface area contributed by atoms with E-state index in [-0.39, 0.29) is 17.6 Å². The summed E-state index contributed by atoms with van der Waals surface area (Å²) in [5.74, 6) is -2.73. The molecule has 0 aliphatic carbocycles. The summed E-state index contributed by atoms with van der Waals surface area (Å²) in [4.78, 5) is 28.3. The molecule has 1 amide bonds. The molecule has 0 radical (unpaired) electrons. The maximum Gasteiger partial charge on any atom is 0.337 e. The molecule has 1 fully saturated rings. The lowest BCUT2D eigenvalue weighted by atomic mass is 10.1. The maximum atomic E-state index is 13.6. The summed E-state index contributed by atoms with van der Waals surface area (Å²) in [5, 5.41) is 0.630. The molecule has 1 aliphatic heterocycles. The molecule has 0 unspecified atom stereocenters. The largest absolute Gasteiger partial charge is 0.465 e. The number of esters is 1. The Morgan fingerprint density at radius 2 is 1.54 bits per heavy atom. The van der Waals surface area contributed by atoms with Crippen LogP contribution in [0.5, 0.6) is 0 Å². The van der Waals surface area contributed by atoms with Crippen LogP contribution in [0.15, 0.2) is 66.7 Å². The first kappa shape index (κ1) is 26.7. The van der Waals surface area contributed by atoms with Crippen LogP contribution >= 0.6 is 11.6 Å². The Morgan fingerprint density at radius 1 is 0.892 bits per heavy atom. The fourth-order valence-electron chi connectivity index (χ4n) is 4.16. The molecule has 1 atom stereocenters. The van der Waals surface area contributed by atoms with E-state index in [0.717, 1.165) is 23.3 Å². The lowest BCUT2D eigenvalue weighted by Crippen LogP contribution is -2.49. The molecule has 194 valence electrons. The number of methoxy groups -OCH3 is 1. The molecule has 3 aromatic carbocycles. The van der Waals surface area contributed by atoms with Gasteiger partial charge in [0.15, 0.2) is 11.6 Å². The van der Waals surface area contributed by atoms with Crippen LogP contribution in [-0.4, -0.2) is 61.5 Å². The summed E-state index contributed by atoms with van der Waals surface area (Å²) < 4.78 is 37.8. The molecule has 37 heavy (non-hydrogen) atoms. The molecule has 1 aliphatic rings. The van der Waals surface area contributed by atoms with Crippen molar-refractivity contribution in [2.45, 2.75) is 12.7 Å². The fraction of sp³-hybridized carbons (Fsp3) is 0.286.